The number of hydrogen-bond donors (Lipinski definition) is 0. The Bertz CT molecular complexity index is 181. The van der Waals surface area contributed by atoms with Gasteiger partial charge in [0, 0.05) is 13.5 Å². The zero-order chi connectivity index (χ0) is 7.61. The summed E-state index contributed by atoms with van der Waals surface area (Å²) in [5.74, 6) is 2.01. The van der Waals surface area contributed by atoms with Crippen LogP contribution in [-0.4, -0.2) is 25.3 Å². The summed E-state index contributed by atoms with van der Waals surface area (Å²) >= 11 is 0. The van der Waals surface area contributed by atoms with Crippen LogP contribution in [0.15, 0.2) is 5.76 Å². The van der Waals surface area contributed by atoms with Gasteiger partial charge in [0.25, 0.3) is 0 Å². The van der Waals surface area contributed by atoms with Crippen molar-refractivity contribution in [3.63, 3.8) is 0 Å². The quantitative estimate of drug-likeness (QED) is 0.501. The summed E-state index contributed by atoms with van der Waals surface area (Å²) < 4.78 is 10.1. The maximum Gasteiger partial charge on any atom is 0.211 e. The second-order valence-corrected chi connectivity index (χ2v) is 2.46. The average Bonchev–Trinajstić information content (AvgIpc) is 2.32. The van der Waals surface area contributed by atoms with E-state index in [0.29, 0.717) is 6.61 Å². The van der Waals surface area contributed by atoms with Gasteiger partial charge in [0.05, 0.1) is 6.61 Å². The normalized spacial score (nSPS) is 31.6. The molecular formula is C7H10O3. The number of carbonyl (C=O) groups excluding carboxylic acids is 1. The topological polar surface area (TPSA) is 35.5 Å². The van der Waals surface area contributed by atoms with E-state index in [1.165, 1.54) is 0 Å². The maximum atomic E-state index is 10.2. The molecular weight excluding hydrogens is 132 g/mol. The highest BCUT2D eigenvalue weighted by Gasteiger charge is 2.37. The van der Waals surface area contributed by atoms with Crippen molar-refractivity contribution in [2.45, 2.75) is 18.9 Å². The largest absolute Gasteiger partial charge is 0.484 e. The fraction of sp³-hybridized carbons (Fsp3) is 0.714. The molecule has 1 aliphatic heterocycles. The van der Waals surface area contributed by atoms with Crippen LogP contribution in [0.5, 0.6) is 0 Å². The second kappa shape index (κ2) is 2.45. The molecule has 1 rings (SSSR count). The third kappa shape index (κ3) is 0.939. The van der Waals surface area contributed by atoms with Crippen molar-refractivity contribution >= 4 is 5.94 Å². The third-order valence-corrected chi connectivity index (χ3v) is 1.85. The summed E-state index contributed by atoms with van der Waals surface area (Å²) in [6, 6.07) is 0. The molecule has 0 aromatic heterocycles. The van der Waals surface area contributed by atoms with Gasteiger partial charge < -0.3 is 9.47 Å². The summed E-state index contributed by atoms with van der Waals surface area (Å²) in [5.41, 5.74) is -0.526. The zero-order valence-corrected chi connectivity index (χ0v) is 6.14. The molecule has 56 valence electrons. The van der Waals surface area contributed by atoms with E-state index in [0.717, 1.165) is 6.42 Å². The zero-order valence-electron chi connectivity index (χ0n) is 6.14. The van der Waals surface area contributed by atoms with Crippen LogP contribution in [0.1, 0.15) is 13.3 Å². The third-order valence-electron chi connectivity index (χ3n) is 1.85. The van der Waals surface area contributed by atoms with Gasteiger partial charge in [0.1, 0.15) is 5.60 Å². The summed E-state index contributed by atoms with van der Waals surface area (Å²) in [4.78, 5) is 10.2. The molecule has 1 aliphatic rings. The van der Waals surface area contributed by atoms with Gasteiger partial charge in [-0.15, -0.1) is 0 Å². The first-order valence-corrected chi connectivity index (χ1v) is 3.16. The lowest BCUT2D eigenvalue weighted by atomic mass is 10.0. The molecule has 1 fully saturated rings. The average molecular weight is 142 g/mol. The van der Waals surface area contributed by atoms with E-state index < -0.39 is 5.60 Å². The molecule has 0 saturated carbocycles. The van der Waals surface area contributed by atoms with Crippen molar-refractivity contribution < 1.29 is 14.3 Å². The van der Waals surface area contributed by atoms with Crippen molar-refractivity contribution in [1.82, 2.24) is 0 Å². The number of rotatable bonds is 1. The molecule has 1 saturated heterocycles. The predicted octanol–water partition coefficient (Wildman–Crippen LogP) is 0.527. The van der Waals surface area contributed by atoms with Gasteiger partial charge in [-0.2, -0.15) is 0 Å². The molecule has 3 heteroatoms. The molecule has 1 heterocycles. The van der Waals surface area contributed by atoms with E-state index in [4.69, 9.17) is 9.47 Å². The Morgan fingerprint density at radius 2 is 2.50 bits per heavy atom. The molecule has 0 spiro atoms. The van der Waals surface area contributed by atoms with Crippen LogP contribution in [0.4, 0.5) is 0 Å². The highest BCUT2D eigenvalue weighted by atomic mass is 16.6. The molecule has 0 radical (unpaired) electrons. The van der Waals surface area contributed by atoms with Gasteiger partial charge in [0.15, 0.2) is 5.94 Å². The maximum absolute atomic E-state index is 10.2. The Morgan fingerprint density at radius 1 is 1.80 bits per heavy atom. The minimum absolute atomic E-state index is 0.287. The number of methoxy groups -OCH3 is 1. The first-order valence-electron chi connectivity index (χ1n) is 3.16. The summed E-state index contributed by atoms with van der Waals surface area (Å²) in [5, 5.41) is 0. The smallest absolute Gasteiger partial charge is 0.211 e. The van der Waals surface area contributed by atoms with Crippen LogP contribution in [0.3, 0.4) is 0 Å². The van der Waals surface area contributed by atoms with Crippen molar-refractivity contribution in [2.24, 2.45) is 0 Å². The van der Waals surface area contributed by atoms with Crippen molar-refractivity contribution in [3.05, 3.63) is 5.76 Å². The SMILES string of the molecule is COC1(C)CCOC1=C=O. The highest BCUT2D eigenvalue weighted by Crippen LogP contribution is 2.29. The fourth-order valence-electron chi connectivity index (χ4n) is 0.946. The lowest BCUT2D eigenvalue weighted by Gasteiger charge is -2.17. The highest BCUT2D eigenvalue weighted by molar-refractivity contribution is 5.53. The first kappa shape index (κ1) is 7.32. The first-order chi connectivity index (χ1) is 4.73. The number of hydrogen-bond acceptors (Lipinski definition) is 3. The molecule has 3 nitrogen and oxygen atoms in total. The molecule has 0 aliphatic carbocycles. The van der Waals surface area contributed by atoms with Crippen molar-refractivity contribution in [1.29, 1.82) is 0 Å². The van der Waals surface area contributed by atoms with E-state index in [1.807, 2.05) is 6.92 Å². The Morgan fingerprint density at radius 3 is 2.90 bits per heavy atom. The Labute approximate surface area is 59.6 Å². The molecule has 0 aromatic carbocycles. The van der Waals surface area contributed by atoms with Crippen LogP contribution in [0.2, 0.25) is 0 Å². The second-order valence-electron chi connectivity index (χ2n) is 2.46. The van der Waals surface area contributed by atoms with Crippen LogP contribution < -0.4 is 0 Å². The lowest BCUT2D eigenvalue weighted by molar-refractivity contribution is 0.0369. The van der Waals surface area contributed by atoms with Crippen LogP contribution in [0.25, 0.3) is 0 Å². The Hall–Kier alpha value is -0.790. The minimum atomic E-state index is -0.526. The van der Waals surface area contributed by atoms with Gasteiger partial charge in [-0.25, -0.2) is 4.79 Å². The molecule has 0 amide bonds. The monoisotopic (exact) mass is 142 g/mol. The van der Waals surface area contributed by atoms with E-state index >= 15 is 0 Å². The van der Waals surface area contributed by atoms with E-state index in [1.54, 1.807) is 13.1 Å². The Kier molecular flexibility index (Phi) is 1.79. The summed E-state index contributed by atoms with van der Waals surface area (Å²) in [6.45, 7) is 2.37. The van der Waals surface area contributed by atoms with Crippen molar-refractivity contribution in [3.8, 4) is 0 Å². The Balaban J connectivity index is 2.86. The summed E-state index contributed by atoms with van der Waals surface area (Å²) in [7, 11) is 1.56. The lowest BCUT2D eigenvalue weighted by Crippen LogP contribution is -2.25. The van der Waals surface area contributed by atoms with Crippen LogP contribution in [-0.2, 0) is 14.3 Å². The van der Waals surface area contributed by atoms with Crippen LogP contribution >= 0.6 is 0 Å². The van der Waals surface area contributed by atoms with Crippen molar-refractivity contribution in [2.75, 3.05) is 13.7 Å². The van der Waals surface area contributed by atoms with Gasteiger partial charge in [-0.3, -0.25) is 0 Å². The van der Waals surface area contributed by atoms with Gasteiger partial charge in [-0.05, 0) is 6.92 Å². The standard InChI is InChI=1S/C7H10O3/c1-7(9-2)3-4-10-6(7)5-8/h3-4H2,1-2H3. The minimum Gasteiger partial charge on any atom is -0.484 e. The van der Waals surface area contributed by atoms with Crippen LogP contribution in [0, 0.1) is 0 Å². The predicted molar refractivity (Wildman–Crippen MR) is 35.2 cm³/mol. The molecule has 10 heavy (non-hydrogen) atoms. The molecule has 0 bridgehead atoms. The fourth-order valence-corrected chi connectivity index (χ4v) is 0.946. The molecule has 0 aromatic rings. The number of ether oxygens (including phenoxy) is 2. The molecule has 0 N–H and O–H groups in total. The van der Waals surface area contributed by atoms with Gasteiger partial charge in [-0.1, -0.05) is 0 Å². The van der Waals surface area contributed by atoms with Gasteiger partial charge >= 0.3 is 0 Å². The van der Waals surface area contributed by atoms with Gasteiger partial charge in [0.2, 0.25) is 5.76 Å². The van der Waals surface area contributed by atoms with E-state index in [9.17, 15) is 4.79 Å². The van der Waals surface area contributed by atoms with E-state index in [-0.39, 0.29) is 5.76 Å². The van der Waals surface area contributed by atoms with E-state index in [2.05, 4.69) is 0 Å². The molecule has 1 unspecified atom stereocenters. The summed E-state index contributed by atoms with van der Waals surface area (Å²) in [6.07, 6.45) is 0.730. The molecule has 1 atom stereocenters.